The van der Waals surface area contributed by atoms with Crippen molar-refractivity contribution in [2.24, 2.45) is 5.41 Å². The van der Waals surface area contributed by atoms with Crippen molar-refractivity contribution in [3.8, 4) is 11.8 Å². The maximum atomic E-state index is 11.8. The Labute approximate surface area is 166 Å². The van der Waals surface area contributed by atoms with Crippen molar-refractivity contribution in [2.45, 2.75) is 85.0 Å². The Morgan fingerprint density at radius 2 is 1.81 bits per heavy atom. The number of hydrogen-bond donors (Lipinski definition) is 0. The third-order valence-corrected chi connectivity index (χ3v) is 10.0. The maximum absolute atomic E-state index is 11.8. The van der Waals surface area contributed by atoms with Crippen LogP contribution in [0.25, 0.3) is 0 Å². The number of ether oxygens (including phenoxy) is 1. The average molecular weight is 393 g/mol. The highest BCUT2D eigenvalue weighted by Crippen LogP contribution is 2.40. The van der Waals surface area contributed by atoms with E-state index in [4.69, 9.17) is 13.6 Å². The van der Waals surface area contributed by atoms with E-state index in [1.165, 1.54) is 0 Å². The molecule has 1 heterocycles. The second-order valence-corrected chi connectivity index (χ2v) is 12.8. The molecule has 2 atom stereocenters. The van der Waals surface area contributed by atoms with Gasteiger partial charge in [-0.25, -0.2) is 4.79 Å². The van der Waals surface area contributed by atoms with Crippen LogP contribution in [-0.4, -0.2) is 27.0 Å². The Hall–Kier alpha value is -1.51. The van der Waals surface area contributed by atoms with Gasteiger partial charge in [0.15, 0.2) is 8.32 Å². The van der Waals surface area contributed by atoms with E-state index in [9.17, 15) is 4.79 Å². The number of furan rings is 1. The van der Waals surface area contributed by atoms with Crippen LogP contribution in [0.1, 0.15) is 66.4 Å². The summed E-state index contributed by atoms with van der Waals surface area (Å²) in [6.45, 7) is 15.4. The molecule has 0 aliphatic rings. The summed E-state index contributed by atoms with van der Waals surface area (Å²) in [6.07, 6.45) is 3.94. The SMILES string of the molecule is CCOC(=O)C#C[C@H](C[C@H](c1ccoc1)C(C)(C)C)O[Si](CC)(CC)CC. The summed E-state index contributed by atoms with van der Waals surface area (Å²) in [4.78, 5) is 11.8. The second-order valence-electron chi connectivity index (χ2n) is 8.05. The molecule has 0 aliphatic carbocycles. The molecule has 0 unspecified atom stereocenters. The molecule has 0 spiro atoms. The highest BCUT2D eigenvalue weighted by atomic mass is 28.4. The molecule has 1 aromatic heterocycles. The summed E-state index contributed by atoms with van der Waals surface area (Å²) in [7, 11) is -1.86. The van der Waals surface area contributed by atoms with Crippen molar-refractivity contribution in [3.63, 3.8) is 0 Å². The van der Waals surface area contributed by atoms with E-state index in [-0.39, 0.29) is 17.4 Å². The molecular formula is C22H36O4Si. The monoisotopic (exact) mass is 392 g/mol. The molecule has 0 saturated heterocycles. The first-order valence-electron chi connectivity index (χ1n) is 10.1. The van der Waals surface area contributed by atoms with E-state index in [1.54, 1.807) is 19.5 Å². The van der Waals surface area contributed by atoms with Crippen molar-refractivity contribution < 1.29 is 18.4 Å². The quantitative estimate of drug-likeness (QED) is 0.232. The highest BCUT2D eigenvalue weighted by Gasteiger charge is 2.35. The van der Waals surface area contributed by atoms with Crippen molar-refractivity contribution in [3.05, 3.63) is 24.2 Å². The van der Waals surface area contributed by atoms with Gasteiger partial charge in [-0.05, 0) is 54.4 Å². The number of carbonyl (C=O) groups excluding carboxylic acids is 1. The zero-order valence-electron chi connectivity index (χ0n) is 18.1. The van der Waals surface area contributed by atoms with Crippen LogP contribution in [0, 0.1) is 17.3 Å². The van der Waals surface area contributed by atoms with Crippen molar-refractivity contribution in [1.82, 2.24) is 0 Å². The molecule has 27 heavy (non-hydrogen) atoms. The Balaban J connectivity index is 3.16. The van der Waals surface area contributed by atoms with Crippen LogP contribution in [0.15, 0.2) is 23.0 Å². The van der Waals surface area contributed by atoms with Gasteiger partial charge in [0.1, 0.15) is 6.10 Å². The third kappa shape index (κ3) is 7.19. The standard InChI is InChI=1S/C22H36O4Si/c1-8-25-21(23)13-12-19(26-27(9-2,10-3)11-4)16-20(22(5,6)7)18-14-15-24-17-18/h14-15,17,19-20H,8-11,16H2,1-7H3/t19-,20-/m1/s1. The Bertz CT molecular complexity index is 607. The fraction of sp³-hybridized carbons (Fsp3) is 0.682. The van der Waals surface area contributed by atoms with Crippen LogP contribution in [0.2, 0.25) is 18.1 Å². The molecule has 0 bridgehead atoms. The molecule has 0 N–H and O–H groups in total. The van der Waals surface area contributed by atoms with Gasteiger partial charge >= 0.3 is 5.97 Å². The van der Waals surface area contributed by atoms with E-state index in [0.717, 1.165) is 30.1 Å². The fourth-order valence-corrected chi connectivity index (χ4v) is 6.18. The lowest BCUT2D eigenvalue weighted by atomic mass is 9.74. The minimum absolute atomic E-state index is 0.0198. The van der Waals surface area contributed by atoms with Crippen molar-refractivity contribution in [1.29, 1.82) is 0 Å². The number of hydrogen-bond acceptors (Lipinski definition) is 4. The molecule has 1 aromatic rings. The van der Waals surface area contributed by atoms with Crippen LogP contribution >= 0.6 is 0 Å². The van der Waals surface area contributed by atoms with Crippen molar-refractivity contribution >= 4 is 14.3 Å². The molecule has 4 nitrogen and oxygen atoms in total. The highest BCUT2D eigenvalue weighted by molar-refractivity contribution is 6.73. The predicted octanol–water partition coefficient (Wildman–Crippen LogP) is 5.76. The lowest BCUT2D eigenvalue weighted by molar-refractivity contribution is -0.136. The van der Waals surface area contributed by atoms with Gasteiger partial charge in [0.05, 0.1) is 19.1 Å². The van der Waals surface area contributed by atoms with E-state index >= 15 is 0 Å². The van der Waals surface area contributed by atoms with Gasteiger partial charge in [-0.3, -0.25) is 0 Å². The lowest BCUT2D eigenvalue weighted by Crippen LogP contribution is -2.40. The first-order valence-corrected chi connectivity index (χ1v) is 12.6. The minimum Gasteiger partial charge on any atom is -0.472 e. The first-order chi connectivity index (χ1) is 12.7. The molecule has 152 valence electrons. The Morgan fingerprint density at radius 1 is 1.19 bits per heavy atom. The van der Waals surface area contributed by atoms with Gasteiger partial charge in [-0.1, -0.05) is 47.5 Å². The lowest BCUT2D eigenvalue weighted by Gasteiger charge is -2.36. The van der Waals surface area contributed by atoms with Gasteiger partial charge in [0.25, 0.3) is 0 Å². The van der Waals surface area contributed by atoms with Crippen molar-refractivity contribution in [2.75, 3.05) is 6.61 Å². The molecule has 0 radical (unpaired) electrons. The van der Waals surface area contributed by atoms with Crippen LogP contribution in [0.5, 0.6) is 0 Å². The summed E-state index contributed by atoms with van der Waals surface area (Å²) >= 11 is 0. The molecule has 0 saturated carbocycles. The summed E-state index contributed by atoms with van der Waals surface area (Å²) < 4.78 is 17.0. The number of rotatable bonds is 9. The van der Waals surface area contributed by atoms with Gasteiger partial charge in [-0.15, -0.1) is 0 Å². The topological polar surface area (TPSA) is 48.7 Å². The van der Waals surface area contributed by atoms with Crippen LogP contribution < -0.4 is 0 Å². The predicted molar refractivity (Wildman–Crippen MR) is 112 cm³/mol. The molecule has 5 heteroatoms. The van der Waals surface area contributed by atoms with Crippen LogP contribution in [0.4, 0.5) is 0 Å². The molecule has 0 amide bonds. The summed E-state index contributed by atoms with van der Waals surface area (Å²) in [5, 5.41) is 0. The molecule has 0 fully saturated rings. The number of carbonyl (C=O) groups is 1. The largest absolute Gasteiger partial charge is 0.472 e. The smallest absolute Gasteiger partial charge is 0.384 e. The van der Waals surface area contributed by atoms with E-state index in [0.29, 0.717) is 6.61 Å². The summed E-state index contributed by atoms with van der Waals surface area (Å²) in [5.41, 5.74) is 1.16. The number of esters is 1. The van der Waals surface area contributed by atoms with Gasteiger partial charge in [0.2, 0.25) is 0 Å². The minimum atomic E-state index is -1.86. The third-order valence-electron chi connectivity index (χ3n) is 5.38. The second kappa shape index (κ2) is 10.7. The zero-order chi connectivity index (χ0) is 20.5. The maximum Gasteiger partial charge on any atom is 0.384 e. The van der Waals surface area contributed by atoms with E-state index in [2.05, 4.69) is 53.4 Å². The van der Waals surface area contributed by atoms with Gasteiger partial charge < -0.3 is 13.6 Å². The normalized spacial score (nSPS) is 14.2. The van der Waals surface area contributed by atoms with Crippen LogP contribution in [-0.2, 0) is 14.0 Å². The van der Waals surface area contributed by atoms with Crippen LogP contribution in [0.3, 0.4) is 0 Å². The Morgan fingerprint density at radius 3 is 2.26 bits per heavy atom. The molecular weight excluding hydrogens is 356 g/mol. The summed E-state index contributed by atoms with van der Waals surface area (Å²) in [6, 6.07) is 5.15. The fourth-order valence-electron chi connectivity index (χ4n) is 3.42. The zero-order valence-corrected chi connectivity index (χ0v) is 19.1. The summed E-state index contributed by atoms with van der Waals surface area (Å²) in [5.74, 6) is 5.46. The molecule has 1 rings (SSSR count). The van der Waals surface area contributed by atoms with E-state index in [1.807, 2.05) is 6.07 Å². The Kier molecular flexibility index (Phi) is 9.35. The average Bonchev–Trinajstić information content (AvgIpc) is 3.15. The molecule has 0 aliphatic heterocycles. The van der Waals surface area contributed by atoms with E-state index < -0.39 is 14.3 Å². The molecule has 0 aromatic carbocycles. The van der Waals surface area contributed by atoms with Gasteiger partial charge in [0, 0.05) is 5.92 Å². The first kappa shape index (κ1) is 23.5. The van der Waals surface area contributed by atoms with Gasteiger partial charge in [-0.2, -0.15) is 0 Å².